The van der Waals surface area contributed by atoms with Gasteiger partial charge < -0.3 is 9.80 Å². The molecule has 1 fully saturated rings. The third kappa shape index (κ3) is 2.46. The van der Waals surface area contributed by atoms with Gasteiger partial charge >= 0.3 is 0 Å². The van der Waals surface area contributed by atoms with Crippen molar-refractivity contribution in [3.63, 3.8) is 0 Å². The molecule has 0 aromatic carbocycles. The van der Waals surface area contributed by atoms with Crippen LogP contribution in [0.1, 0.15) is 11.3 Å². The maximum absolute atomic E-state index is 4.70. The van der Waals surface area contributed by atoms with Gasteiger partial charge in [-0.3, -0.25) is 4.40 Å². The van der Waals surface area contributed by atoms with E-state index in [4.69, 9.17) is 4.98 Å². The van der Waals surface area contributed by atoms with Crippen LogP contribution < -0.4 is 4.90 Å². The first kappa shape index (κ1) is 13.7. The quantitative estimate of drug-likeness (QED) is 0.734. The van der Waals surface area contributed by atoms with Crippen molar-refractivity contribution in [3.8, 4) is 0 Å². The number of hydrogen-bond acceptors (Lipinski definition) is 6. The molecule has 0 atom stereocenters. The van der Waals surface area contributed by atoms with Crippen LogP contribution in [0.25, 0.3) is 5.65 Å². The van der Waals surface area contributed by atoms with Gasteiger partial charge in [-0.25, -0.2) is 4.98 Å². The summed E-state index contributed by atoms with van der Waals surface area (Å²) in [6.07, 6.45) is 4.61. The number of aromatic nitrogens is 4. The molecule has 4 rings (SSSR count). The van der Waals surface area contributed by atoms with Crippen molar-refractivity contribution < 1.29 is 0 Å². The first-order valence-electron chi connectivity index (χ1n) is 7.43. The Labute approximate surface area is 133 Å². The Morgan fingerprint density at radius 3 is 2.86 bits per heavy atom. The zero-order chi connectivity index (χ0) is 14.9. The molecule has 4 heterocycles. The number of likely N-dealkylation sites (N-methyl/N-ethyl adjacent to an activating group) is 1. The van der Waals surface area contributed by atoms with Gasteiger partial charge in [-0.15, -0.1) is 10.2 Å². The van der Waals surface area contributed by atoms with Gasteiger partial charge in [0.2, 0.25) is 5.65 Å². The van der Waals surface area contributed by atoms with Gasteiger partial charge in [0.05, 0.1) is 0 Å². The maximum atomic E-state index is 4.70. The zero-order valence-electron chi connectivity index (χ0n) is 12.5. The molecule has 3 aromatic rings. The van der Waals surface area contributed by atoms with E-state index in [1.807, 2.05) is 6.20 Å². The van der Waals surface area contributed by atoms with Crippen LogP contribution in [0.15, 0.2) is 29.4 Å². The minimum absolute atomic E-state index is 0.855. The molecule has 1 aliphatic heterocycles. The Morgan fingerprint density at radius 2 is 2.09 bits per heavy atom. The van der Waals surface area contributed by atoms with Crippen LogP contribution in [0.3, 0.4) is 0 Å². The van der Waals surface area contributed by atoms with Crippen molar-refractivity contribution in [2.24, 2.45) is 0 Å². The smallest absolute Gasteiger partial charge is 0.203 e. The van der Waals surface area contributed by atoms with Gasteiger partial charge in [0.1, 0.15) is 6.33 Å². The van der Waals surface area contributed by atoms with E-state index in [9.17, 15) is 0 Å². The van der Waals surface area contributed by atoms with Crippen LogP contribution >= 0.6 is 11.3 Å². The average Bonchev–Trinajstić information content (AvgIpc) is 3.20. The summed E-state index contributed by atoms with van der Waals surface area (Å²) in [6.45, 7) is 4.07. The highest BCUT2D eigenvalue weighted by atomic mass is 32.1. The van der Waals surface area contributed by atoms with Gasteiger partial charge in [0.15, 0.2) is 5.82 Å². The van der Waals surface area contributed by atoms with Crippen LogP contribution in [0.5, 0.6) is 0 Å². The molecule has 6 nitrogen and oxygen atoms in total. The predicted octanol–water partition coefficient (Wildman–Crippen LogP) is 1.53. The largest absolute Gasteiger partial charge is 0.351 e. The second-order valence-electron chi connectivity index (χ2n) is 5.70. The summed E-state index contributed by atoms with van der Waals surface area (Å²) in [5, 5.41) is 12.7. The minimum atomic E-state index is 0.855. The zero-order valence-corrected chi connectivity index (χ0v) is 13.3. The Kier molecular flexibility index (Phi) is 3.51. The van der Waals surface area contributed by atoms with E-state index in [0.717, 1.165) is 49.8 Å². The predicted molar refractivity (Wildman–Crippen MR) is 87.6 cm³/mol. The van der Waals surface area contributed by atoms with E-state index >= 15 is 0 Å². The topological polar surface area (TPSA) is 49.6 Å². The van der Waals surface area contributed by atoms with Crippen LogP contribution in [0, 0.1) is 0 Å². The molecule has 0 amide bonds. The van der Waals surface area contributed by atoms with Crippen LogP contribution in [-0.4, -0.2) is 57.7 Å². The molecule has 22 heavy (non-hydrogen) atoms. The molecule has 3 aromatic heterocycles. The van der Waals surface area contributed by atoms with Gasteiger partial charge in [0.25, 0.3) is 0 Å². The molecule has 0 unspecified atom stereocenters. The molecule has 0 saturated carbocycles. The summed E-state index contributed by atoms with van der Waals surface area (Å²) in [5.41, 5.74) is 3.28. The normalized spacial score (nSPS) is 16.5. The molecule has 0 N–H and O–H groups in total. The van der Waals surface area contributed by atoms with E-state index in [0.29, 0.717) is 0 Å². The molecule has 1 saturated heterocycles. The number of piperazine rings is 1. The minimum Gasteiger partial charge on any atom is -0.351 e. The van der Waals surface area contributed by atoms with Gasteiger partial charge in [-0.2, -0.15) is 11.3 Å². The maximum Gasteiger partial charge on any atom is 0.203 e. The summed E-state index contributed by atoms with van der Waals surface area (Å²) in [5.74, 6) is 0.944. The second kappa shape index (κ2) is 5.66. The summed E-state index contributed by atoms with van der Waals surface area (Å²) in [4.78, 5) is 9.34. The Bertz CT molecular complexity index is 758. The van der Waals surface area contributed by atoms with Crippen LogP contribution in [-0.2, 0) is 6.42 Å². The lowest BCUT2D eigenvalue weighted by atomic mass is 10.2. The lowest BCUT2D eigenvalue weighted by Crippen LogP contribution is -2.45. The summed E-state index contributed by atoms with van der Waals surface area (Å²) in [6, 6.07) is 2.15. The Hall–Kier alpha value is -1.99. The number of anilines is 1. The standard InChI is InChI=1S/C15H18N6S/c1-19-3-5-20(6-4-19)14-15-18-17-11-21(15)13(9-16-14)8-12-2-7-22-10-12/h2,7,9-11H,3-6,8H2,1H3. The van der Waals surface area contributed by atoms with Crippen molar-refractivity contribution in [2.45, 2.75) is 6.42 Å². The van der Waals surface area contributed by atoms with E-state index in [-0.39, 0.29) is 0 Å². The average molecular weight is 314 g/mol. The second-order valence-corrected chi connectivity index (χ2v) is 6.48. The molecule has 1 aliphatic rings. The lowest BCUT2D eigenvalue weighted by Gasteiger charge is -2.33. The molecule has 7 heteroatoms. The summed E-state index contributed by atoms with van der Waals surface area (Å²) in [7, 11) is 2.15. The highest BCUT2D eigenvalue weighted by molar-refractivity contribution is 7.07. The van der Waals surface area contributed by atoms with Crippen molar-refractivity contribution in [1.29, 1.82) is 0 Å². The number of rotatable bonds is 3. The Balaban J connectivity index is 1.68. The van der Waals surface area contributed by atoms with Crippen molar-refractivity contribution in [1.82, 2.24) is 24.5 Å². The van der Waals surface area contributed by atoms with Crippen molar-refractivity contribution in [2.75, 3.05) is 38.1 Å². The lowest BCUT2D eigenvalue weighted by molar-refractivity contribution is 0.312. The highest BCUT2D eigenvalue weighted by Gasteiger charge is 2.20. The van der Waals surface area contributed by atoms with E-state index in [2.05, 4.69) is 48.3 Å². The number of nitrogens with zero attached hydrogens (tertiary/aromatic N) is 6. The fourth-order valence-electron chi connectivity index (χ4n) is 2.83. The van der Waals surface area contributed by atoms with E-state index in [1.165, 1.54) is 5.56 Å². The van der Waals surface area contributed by atoms with Crippen LogP contribution in [0.4, 0.5) is 5.82 Å². The monoisotopic (exact) mass is 314 g/mol. The summed E-state index contributed by atoms with van der Waals surface area (Å²) >= 11 is 1.72. The van der Waals surface area contributed by atoms with Crippen LogP contribution in [0.2, 0.25) is 0 Å². The van der Waals surface area contributed by atoms with Crippen molar-refractivity contribution in [3.05, 3.63) is 40.6 Å². The van der Waals surface area contributed by atoms with E-state index in [1.54, 1.807) is 17.7 Å². The number of thiophene rings is 1. The molecule has 114 valence electrons. The molecule has 0 spiro atoms. The van der Waals surface area contributed by atoms with Gasteiger partial charge in [0, 0.05) is 44.5 Å². The molecule has 0 radical (unpaired) electrons. The van der Waals surface area contributed by atoms with Crippen molar-refractivity contribution >= 4 is 22.8 Å². The Morgan fingerprint density at radius 1 is 1.23 bits per heavy atom. The number of fused-ring (bicyclic) bond motifs is 1. The fraction of sp³-hybridized carbons (Fsp3) is 0.400. The SMILES string of the molecule is CN1CCN(c2ncc(Cc3ccsc3)n3cnnc23)CC1. The summed E-state index contributed by atoms with van der Waals surface area (Å²) < 4.78 is 2.07. The van der Waals surface area contributed by atoms with Gasteiger partial charge in [-0.05, 0) is 29.4 Å². The molecule has 0 aliphatic carbocycles. The van der Waals surface area contributed by atoms with Gasteiger partial charge in [-0.1, -0.05) is 0 Å². The third-order valence-electron chi connectivity index (χ3n) is 4.16. The molecule has 0 bridgehead atoms. The van der Waals surface area contributed by atoms with E-state index < -0.39 is 0 Å². The highest BCUT2D eigenvalue weighted by Crippen LogP contribution is 2.21. The third-order valence-corrected chi connectivity index (χ3v) is 4.89. The molecular weight excluding hydrogens is 296 g/mol. The molecular formula is C15H18N6S. The fourth-order valence-corrected chi connectivity index (χ4v) is 3.50. The number of hydrogen-bond donors (Lipinski definition) is 0. The first-order chi connectivity index (χ1) is 10.8. The first-order valence-corrected chi connectivity index (χ1v) is 8.38.